The molecule has 4 heteroatoms. The van der Waals surface area contributed by atoms with Crippen LogP contribution in [0.1, 0.15) is 5.56 Å². The number of fused-ring (bicyclic) bond motifs is 1. The summed E-state index contributed by atoms with van der Waals surface area (Å²) >= 11 is 0. The van der Waals surface area contributed by atoms with E-state index in [9.17, 15) is 0 Å². The van der Waals surface area contributed by atoms with Crippen LogP contribution in [0.15, 0.2) is 61.1 Å². The van der Waals surface area contributed by atoms with E-state index in [0.29, 0.717) is 12.0 Å². The maximum atomic E-state index is 4.39. The van der Waals surface area contributed by atoms with Crippen molar-refractivity contribution >= 4 is 16.6 Å². The lowest BCUT2D eigenvalue weighted by molar-refractivity contribution is 0.536. The first-order valence-corrected chi connectivity index (χ1v) is 8.10. The Labute approximate surface area is 136 Å². The van der Waals surface area contributed by atoms with Gasteiger partial charge in [-0.05, 0) is 30.0 Å². The maximum absolute atomic E-state index is 4.39. The molecule has 0 saturated carbocycles. The molecule has 1 aliphatic heterocycles. The number of benzene rings is 1. The first kappa shape index (κ1) is 14.2. The molecule has 23 heavy (non-hydrogen) atoms. The van der Waals surface area contributed by atoms with E-state index in [1.807, 2.05) is 24.7 Å². The predicted molar refractivity (Wildman–Crippen MR) is 93.5 cm³/mol. The minimum Gasteiger partial charge on any atom is -0.380 e. The summed E-state index contributed by atoms with van der Waals surface area (Å²) < 4.78 is 0. The highest BCUT2D eigenvalue weighted by atomic mass is 15.0. The predicted octanol–water partition coefficient (Wildman–Crippen LogP) is 2.87. The van der Waals surface area contributed by atoms with Gasteiger partial charge in [-0.2, -0.15) is 0 Å². The zero-order valence-electron chi connectivity index (χ0n) is 12.9. The van der Waals surface area contributed by atoms with Crippen LogP contribution in [0.2, 0.25) is 0 Å². The number of nitrogens with one attached hydrogen (secondary N) is 2. The number of aromatic nitrogens is 2. The molecule has 116 valence electrons. The van der Waals surface area contributed by atoms with Crippen LogP contribution in [0.4, 0.5) is 5.69 Å². The van der Waals surface area contributed by atoms with Crippen molar-refractivity contribution in [3.63, 3.8) is 0 Å². The molecule has 0 unspecified atom stereocenters. The topological polar surface area (TPSA) is 49.8 Å². The maximum Gasteiger partial charge on any atom is 0.0905 e. The fourth-order valence-electron chi connectivity index (χ4n) is 3.36. The van der Waals surface area contributed by atoms with Crippen LogP contribution in [0.3, 0.4) is 0 Å². The van der Waals surface area contributed by atoms with Gasteiger partial charge in [0.05, 0.1) is 11.7 Å². The summed E-state index contributed by atoms with van der Waals surface area (Å²) in [5.74, 6) is 0.586. The standard InChI is InChI=1S/C19H20N4/c1-2-4-14(5-3-1)10-15-11-21-12-18(15)23-17-7-9-22-19-13-20-8-6-16(17)19/h1-9,13,15,18,21H,10-12H2,(H,22,23)/t15-,18+/m1/s1. The highest BCUT2D eigenvalue weighted by Crippen LogP contribution is 2.25. The number of anilines is 1. The quantitative estimate of drug-likeness (QED) is 0.778. The van der Waals surface area contributed by atoms with Gasteiger partial charge in [-0.25, -0.2) is 0 Å². The summed E-state index contributed by atoms with van der Waals surface area (Å²) in [7, 11) is 0. The smallest absolute Gasteiger partial charge is 0.0905 e. The Morgan fingerprint density at radius 1 is 1.04 bits per heavy atom. The van der Waals surface area contributed by atoms with Crippen molar-refractivity contribution in [3.8, 4) is 0 Å². The monoisotopic (exact) mass is 304 g/mol. The SMILES string of the molecule is c1ccc(C[C@@H]2CNC[C@@H]2Nc2ccnc3cnccc23)cc1. The van der Waals surface area contributed by atoms with E-state index in [-0.39, 0.29) is 0 Å². The molecule has 3 aromatic rings. The van der Waals surface area contributed by atoms with Crippen LogP contribution in [-0.2, 0) is 6.42 Å². The molecule has 1 aliphatic rings. The normalized spacial score (nSPS) is 20.7. The molecule has 2 aromatic heterocycles. The Hall–Kier alpha value is -2.46. The second-order valence-corrected chi connectivity index (χ2v) is 6.11. The molecule has 1 saturated heterocycles. The molecule has 0 amide bonds. The van der Waals surface area contributed by atoms with Gasteiger partial charge in [0.15, 0.2) is 0 Å². The average molecular weight is 304 g/mol. The van der Waals surface area contributed by atoms with Gasteiger partial charge in [0, 0.05) is 42.6 Å². The Bertz CT molecular complexity index is 782. The zero-order chi connectivity index (χ0) is 15.5. The molecule has 2 N–H and O–H groups in total. The highest BCUT2D eigenvalue weighted by Gasteiger charge is 2.27. The second-order valence-electron chi connectivity index (χ2n) is 6.11. The molecule has 4 nitrogen and oxygen atoms in total. The minimum atomic E-state index is 0.425. The van der Waals surface area contributed by atoms with Crippen molar-refractivity contribution in [2.24, 2.45) is 5.92 Å². The van der Waals surface area contributed by atoms with Crippen molar-refractivity contribution in [2.75, 3.05) is 18.4 Å². The molecular weight excluding hydrogens is 284 g/mol. The lowest BCUT2D eigenvalue weighted by Crippen LogP contribution is -2.29. The van der Waals surface area contributed by atoms with Crippen molar-refractivity contribution in [3.05, 3.63) is 66.6 Å². The molecule has 1 aromatic carbocycles. The fourth-order valence-corrected chi connectivity index (χ4v) is 3.36. The van der Waals surface area contributed by atoms with E-state index < -0.39 is 0 Å². The van der Waals surface area contributed by atoms with E-state index in [4.69, 9.17) is 0 Å². The number of pyridine rings is 2. The third-order valence-corrected chi connectivity index (χ3v) is 4.57. The minimum absolute atomic E-state index is 0.425. The van der Waals surface area contributed by atoms with Crippen molar-refractivity contribution < 1.29 is 0 Å². The summed E-state index contributed by atoms with van der Waals surface area (Å²) in [5, 5.41) is 8.38. The van der Waals surface area contributed by atoms with Crippen LogP contribution < -0.4 is 10.6 Å². The van der Waals surface area contributed by atoms with Crippen molar-refractivity contribution in [1.29, 1.82) is 0 Å². The van der Waals surface area contributed by atoms with Crippen LogP contribution in [0.5, 0.6) is 0 Å². The van der Waals surface area contributed by atoms with E-state index in [1.54, 1.807) is 0 Å². The second kappa shape index (κ2) is 6.34. The number of hydrogen-bond acceptors (Lipinski definition) is 4. The third-order valence-electron chi connectivity index (χ3n) is 4.57. The molecule has 0 spiro atoms. The number of hydrogen-bond donors (Lipinski definition) is 2. The summed E-state index contributed by atoms with van der Waals surface area (Å²) in [5.41, 5.74) is 3.48. The zero-order valence-corrected chi connectivity index (χ0v) is 12.9. The summed E-state index contributed by atoms with van der Waals surface area (Å²) in [6.45, 7) is 2.05. The summed E-state index contributed by atoms with van der Waals surface area (Å²) in [6, 6.07) is 15.2. The first-order chi connectivity index (χ1) is 11.4. The van der Waals surface area contributed by atoms with Gasteiger partial charge in [0.1, 0.15) is 0 Å². The Kier molecular flexibility index (Phi) is 3.90. The molecule has 4 rings (SSSR count). The van der Waals surface area contributed by atoms with E-state index in [1.165, 1.54) is 5.56 Å². The van der Waals surface area contributed by atoms with Gasteiger partial charge >= 0.3 is 0 Å². The lowest BCUT2D eigenvalue weighted by Gasteiger charge is -2.22. The number of nitrogens with zero attached hydrogens (tertiary/aromatic N) is 2. The van der Waals surface area contributed by atoms with E-state index in [2.05, 4.69) is 57.0 Å². The Morgan fingerprint density at radius 2 is 1.96 bits per heavy atom. The van der Waals surface area contributed by atoms with Crippen LogP contribution in [0.25, 0.3) is 10.9 Å². The molecule has 0 radical (unpaired) electrons. The van der Waals surface area contributed by atoms with Gasteiger partial charge in [-0.1, -0.05) is 30.3 Å². The van der Waals surface area contributed by atoms with E-state index >= 15 is 0 Å². The van der Waals surface area contributed by atoms with Gasteiger partial charge in [0.2, 0.25) is 0 Å². The van der Waals surface area contributed by atoms with Gasteiger partial charge in [-0.3, -0.25) is 9.97 Å². The largest absolute Gasteiger partial charge is 0.380 e. The van der Waals surface area contributed by atoms with Crippen LogP contribution in [-0.4, -0.2) is 29.1 Å². The average Bonchev–Trinajstić information content (AvgIpc) is 3.03. The Morgan fingerprint density at radius 3 is 2.87 bits per heavy atom. The van der Waals surface area contributed by atoms with E-state index in [0.717, 1.165) is 36.1 Å². The highest BCUT2D eigenvalue weighted by molar-refractivity contribution is 5.90. The molecule has 0 bridgehead atoms. The summed E-state index contributed by atoms with van der Waals surface area (Å²) in [4.78, 5) is 8.54. The number of rotatable bonds is 4. The van der Waals surface area contributed by atoms with Crippen LogP contribution in [0, 0.1) is 5.92 Å². The lowest BCUT2D eigenvalue weighted by atomic mass is 9.94. The van der Waals surface area contributed by atoms with Gasteiger partial charge < -0.3 is 10.6 Å². The van der Waals surface area contributed by atoms with Gasteiger partial charge in [-0.15, -0.1) is 0 Å². The van der Waals surface area contributed by atoms with Crippen LogP contribution >= 0.6 is 0 Å². The van der Waals surface area contributed by atoms with Crippen molar-refractivity contribution in [1.82, 2.24) is 15.3 Å². The molecule has 2 atom stereocenters. The summed E-state index contributed by atoms with van der Waals surface area (Å²) in [6.07, 6.45) is 6.58. The fraction of sp³-hybridized carbons (Fsp3) is 0.263. The van der Waals surface area contributed by atoms with Crippen molar-refractivity contribution in [2.45, 2.75) is 12.5 Å². The molecule has 0 aliphatic carbocycles. The first-order valence-electron chi connectivity index (χ1n) is 8.10. The van der Waals surface area contributed by atoms with Gasteiger partial charge in [0.25, 0.3) is 0 Å². The molecule has 1 fully saturated rings. The Balaban J connectivity index is 1.55. The third kappa shape index (κ3) is 3.03. The molecular formula is C19H20N4. The molecule has 3 heterocycles.